The Hall–Kier alpha value is -2.98. The molecule has 0 aliphatic carbocycles. The van der Waals surface area contributed by atoms with E-state index < -0.39 is 0 Å². The van der Waals surface area contributed by atoms with E-state index in [0.717, 1.165) is 41.1 Å². The Morgan fingerprint density at radius 2 is 2.00 bits per heavy atom. The van der Waals surface area contributed by atoms with Crippen LogP contribution in [0.4, 0.5) is 0 Å². The molecule has 0 amide bonds. The average molecular weight is 341 g/mol. The average Bonchev–Trinajstić information content (AvgIpc) is 3.11. The number of hydrogen-bond acceptors (Lipinski definition) is 4. The van der Waals surface area contributed by atoms with Gasteiger partial charge >= 0.3 is 0 Å². The van der Waals surface area contributed by atoms with Crippen molar-refractivity contribution in [3.63, 3.8) is 0 Å². The van der Waals surface area contributed by atoms with Crippen molar-refractivity contribution < 1.29 is 4.42 Å². The number of benzene rings is 2. The molecule has 1 aliphatic rings. The quantitative estimate of drug-likeness (QED) is 0.539. The maximum atomic E-state index is 6.18. The zero-order valence-electron chi connectivity index (χ0n) is 14.6. The lowest BCUT2D eigenvalue weighted by molar-refractivity contribution is 0.282. The van der Waals surface area contributed by atoms with Crippen LogP contribution in [-0.2, 0) is 6.54 Å². The van der Waals surface area contributed by atoms with Crippen LogP contribution in [0.15, 0.2) is 71.5 Å². The third-order valence-electron chi connectivity index (χ3n) is 5.12. The highest BCUT2D eigenvalue weighted by Crippen LogP contribution is 2.37. The fourth-order valence-corrected chi connectivity index (χ4v) is 3.89. The molecular weight excluding hydrogens is 322 g/mol. The Morgan fingerprint density at radius 1 is 1.08 bits per heavy atom. The largest absolute Gasteiger partial charge is 0.460 e. The standard InChI is InChI=1S/C22H19N3O/c1-25-12-17-10-15(20-8-9-23-14-24-20)6-7-18(17)19(13-25)22-11-16-4-2-3-5-21(16)26-22/h2-11,14,19H,12-13H2,1H3. The summed E-state index contributed by atoms with van der Waals surface area (Å²) in [6, 6.07) is 19.0. The Labute approximate surface area is 152 Å². The van der Waals surface area contributed by atoms with E-state index in [0.29, 0.717) is 0 Å². The molecule has 1 aliphatic heterocycles. The highest BCUT2D eigenvalue weighted by atomic mass is 16.3. The molecule has 4 nitrogen and oxygen atoms in total. The van der Waals surface area contributed by atoms with Gasteiger partial charge in [0.2, 0.25) is 0 Å². The topological polar surface area (TPSA) is 42.2 Å². The van der Waals surface area contributed by atoms with Crippen molar-refractivity contribution in [3.8, 4) is 11.3 Å². The number of fused-ring (bicyclic) bond motifs is 2. The van der Waals surface area contributed by atoms with E-state index in [2.05, 4.69) is 58.3 Å². The van der Waals surface area contributed by atoms with Crippen LogP contribution in [0.3, 0.4) is 0 Å². The second-order valence-corrected chi connectivity index (χ2v) is 6.94. The Balaban J connectivity index is 1.59. The van der Waals surface area contributed by atoms with Crippen molar-refractivity contribution >= 4 is 11.0 Å². The number of aromatic nitrogens is 2. The fourth-order valence-electron chi connectivity index (χ4n) is 3.89. The van der Waals surface area contributed by atoms with E-state index >= 15 is 0 Å². The second kappa shape index (κ2) is 6.07. The molecule has 5 rings (SSSR count). The smallest absolute Gasteiger partial charge is 0.134 e. The van der Waals surface area contributed by atoms with Crippen molar-refractivity contribution in [2.24, 2.45) is 0 Å². The first-order valence-electron chi connectivity index (χ1n) is 8.84. The first-order valence-corrected chi connectivity index (χ1v) is 8.84. The molecule has 0 N–H and O–H groups in total. The van der Waals surface area contributed by atoms with Gasteiger partial charge in [-0.3, -0.25) is 0 Å². The Morgan fingerprint density at radius 3 is 2.85 bits per heavy atom. The number of nitrogens with zero attached hydrogens (tertiary/aromatic N) is 3. The van der Waals surface area contributed by atoms with Gasteiger partial charge in [0.15, 0.2) is 0 Å². The molecule has 128 valence electrons. The predicted octanol–water partition coefficient (Wildman–Crippen LogP) is 4.47. The number of likely N-dealkylation sites (N-methyl/N-ethyl adjacent to an activating group) is 1. The Bertz CT molecular complexity index is 1040. The SMILES string of the molecule is CN1Cc2cc(-c3ccncn3)ccc2C(c2cc3ccccc3o2)C1. The van der Waals surface area contributed by atoms with Gasteiger partial charge in [0.05, 0.1) is 11.6 Å². The third kappa shape index (κ3) is 2.59. The van der Waals surface area contributed by atoms with Gasteiger partial charge in [-0.25, -0.2) is 9.97 Å². The summed E-state index contributed by atoms with van der Waals surface area (Å²) < 4.78 is 6.18. The summed E-state index contributed by atoms with van der Waals surface area (Å²) in [7, 11) is 2.16. The van der Waals surface area contributed by atoms with Crippen LogP contribution in [0, 0.1) is 0 Å². The first kappa shape index (κ1) is 15.3. The van der Waals surface area contributed by atoms with Crippen LogP contribution in [-0.4, -0.2) is 28.5 Å². The third-order valence-corrected chi connectivity index (χ3v) is 5.12. The van der Waals surface area contributed by atoms with Gasteiger partial charge in [-0.05, 0) is 42.4 Å². The van der Waals surface area contributed by atoms with E-state index in [-0.39, 0.29) is 5.92 Å². The maximum Gasteiger partial charge on any atom is 0.134 e. The molecule has 0 radical (unpaired) electrons. The van der Waals surface area contributed by atoms with Gasteiger partial charge in [-0.1, -0.05) is 30.3 Å². The van der Waals surface area contributed by atoms with Gasteiger partial charge in [-0.2, -0.15) is 0 Å². The first-order chi connectivity index (χ1) is 12.8. The Kier molecular flexibility index (Phi) is 3.57. The van der Waals surface area contributed by atoms with Gasteiger partial charge in [-0.15, -0.1) is 0 Å². The molecule has 0 bridgehead atoms. The zero-order valence-corrected chi connectivity index (χ0v) is 14.6. The van der Waals surface area contributed by atoms with Crippen molar-refractivity contribution in [2.75, 3.05) is 13.6 Å². The number of para-hydroxylation sites is 1. The minimum atomic E-state index is 0.246. The minimum Gasteiger partial charge on any atom is -0.460 e. The molecule has 4 heteroatoms. The molecule has 26 heavy (non-hydrogen) atoms. The molecule has 1 atom stereocenters. The van der Waals surface area contributed by atoms with Gasteiger partial charge in [0.25, 0.3) is 0 Å². The minimum absolute atomic E-state index is 0.246. The van der Waals surface area contributed by atoms with E-state index in [1.54, 1.807) is 12.5 Å². The van der Waals surface area contributed by atoms with Crippen molar-refractivity contribution in [3.05, 3.63) is 84.0 Å². The van der Waals surface area contributed by atoms with Crippen molar-refractivity contribution in [2.45, 2.75) is 12.5 Å². The molecule has 4 aromatic rings. The summed E-state index contributed by atoms with van der Waals surface area (Å²) in [6.45, 7) is 1.89. The summed E-state index contributed by atoms with van der Waals surface area (Å²) in [5.41, 5.74) is 5.72. The van der Waals surface area contributed by atoms with E-state index in [4.69, 9.17) is 4.42 Å². The molecule has 0 saturated carbocycles. The highest BCUT2D eigenvalue weighted by molar-refractivity contribution is 5.78. The summed E-state index contributed by atoms with van der Waals surface area (Å²) in [5.74, 6) is 1.28. The summed E-state index contributed by atoms with van der Waals surface area (Å²) in [5, 5.41) is 1.16. The summed E-state index contributed by atoms with van der Waals surface area (Å²) >= 11 is 0. The van der Waals surface area contributed by atoms with E-state index in [1.165, 1.54) is 11.1 Å². The van der Waals surface area contributed by atoms with Crippen LogP contribution < -0.4 is 0 Å². The van der Waals surface area contributed by atoms with Crippen molar-refractivity contribution in [1.29, 1.82) is 0 Å². The van der Waals surface area contributed by atoms with Gasteiger partial charge in [0.1, 0.15) is 17.7 Å². The normalized spacial score (nSPS) is 17.3. The van der Waals surface area contributed by atoms with Crippen LogP contribution in [0.2, 0.25) is 0 Å². The highest BCUT2D eigenvalue weighted by Gasteiger charge is 2.27. The van der Waals surface area contributed by atoms with E-state index in [9.17, 15) is 0 Å². The zero-order chi connectivity index (χ0) is 17.5. The fraction of sp³-hybridized carbons (Fsp3) is 0.182. The number of furan rings is 1. The molecule has 3 heterocycles. The van der Waals surface area contributed by atoms with Crippen LogP contribution in [0.5, 0.6) is 0 Å². The lowest BCUT2D eigenvalue weighted by atomic mass is 9.86. The molecular formula is C22H19N3O. The van der Waals surface area contributed by atoms with Crippen LogP contribution in [0.25, 0.3) is 22.2 Å². The second-order valence-electron chi connectivity index (χ2n) is 6.94. The van der Waals surface area contributed by atoms with Gasteiger partial charge in [0, 0.05) is 30.2 Å². The molecule has 0 spiro atoms. The monoisotopic (exact) mass is 341 g/mol. The lowest BCUT2D eigenvalue weighted by Crippen LogP contribution is -2.30. The lowest BCUT2D eigenvalue weighted by Gasteiger charge is -2.31. The van der Waals surface area contributed by atoms with Gasteiger partial charge < -0.3 is 9.32 Å². The van der Waals surface area contributed by atoms with Crippen LogP contribution >= 0.6 is 0 Å². The molecule has 2 aromatic heterocycles. The number of hydrogen-bond donors (Lipinski definition) is 0. The molecule has 0 saturated heterocycles. The van der Waals surface area contributed by atoms with E-state index in [1.807, 2.05) is 18.2 Å². The summed E-state index contributed by atoms with van der Waals surface area (Å²) in [6.07, 6.45) is 3.38. The summed E-state index contributed by atoms with van der Waals surface area (Å²) in [4.78, 5) is 10.7. The van der Waals surface area contributed by atoms with Crippen LogP contribution in [0.1, 0.15) is 22.8 Å². The molecule has 0 fully saturated rings. The predicted molar refractivity (Wildman–Crippen MR) is 102 cm³/mol. The molecule has 1 unspecified atom stereocenters. The maximum absolute atomic E-state index is 6.18. The number of rotatable bonds is 2. The molecule has 2 aromatic carbocycles. The van der Waals surface area contributed by atoms with Crippen molar-refractivity contribution in [1.82, 2.24) is 14.9 Å².